The minimum atomic E-state index is -0.596. The van der Waals surface area contributed by atoms with Gasteiger partial charge >= 0.3 is 0 Å². The Morgan fingerprint density at radius 2 is 1.86 bits per heavy atom. The number of fused-ring (bicyclic) bond motifs is 1. The largest absolute Gasteiger partial charge is 0.354 e. The summed E-state index contributed by atoms with van der Waals surface area (Å²) < 4.78 is 0. The highest BCUT2D eigenvalue weighted by atomic mass is 35.5. The summed E-state index contributed by atoms with van der Waals surface area (Å²) in [5.74, 6) is -0.243. The van der Waals surface area contributed by atoms with Crippen molar-refractivity contribution in [2.24, 2.45) is 5.41 Å². The SMILES string of the molecule is CC(C)(C)CCN1C(=O)c2ccccc2C1C(=O)NCCc1ccc(Cl)cc1Cl. The Hall–Kier alpha value is -2.04. The molecule has 0 aliphatic carbocycles. The molecular formula is C23H26Cl2N2O2. The van der Waals surface area contributed by atoms with E-state index in [0.717, 1.165) is 17.5 Å². The number of benzene rings is 2. The summed E-state index contributed by atoms with van der Waals surface area (Å²) in [6, 6.07) is 12.1. The van der Waals surface area contributed by atoms with Crippen molar-refractivity contribution in [3.63, 3.8) is 0 Å². The number of halogens is 2. The third-order valence-electron chi connectivity index (χ3n) is 5.12. The van der Waals surface area contributed by atoms with E-state index in [2.05, 4.69) is 26.1 Å². The van der Waals surface area contributed by atoms with Gasteiger partial charge in [0.1, 0.15) is 6.04 Å². The molecule has 3 rings (SSSR count). The predicted molar refractivity (Wildman–Crippen MR) is 117 cm³/mol. The zero-order chi connectivity index (χ0) is 21.2. The van der Waals surface area contributed by atoms with Crippen LogP contribution in [0.25, 0.3) is 0 Å². The van der Waals surface area contributed by atoms with E-state index in [1.165, 1.54) is 0 Å². The van der Waals surface area contributed by atoms with Gasteiger partial charge in [-0.05, 0) is 47.6 Å². The Morgan fingerprint density at radius 3 is 2.55 bits per heavy atom. The highest BCUT2D eigenvalue weighted by Gasteiger charge is 2.40. The van der Waals surface area contributed by atoms with Crippen molar-refractivity contribution in [3.05, 3.63) is 69.2 Å². The summed E-state index contributed by atoms with van der Waals surface area (Å²) in [6.07, 6.45) is 1.41. The normalized spacial score (nSPS) is 16.1. The summed E-state index contributed by atoms with van der Waals surface area (Å²) in [5, 5.41) is 4.14. The van der Waals surface area contributed by atoms with Gasteiger partial charge in [0.2, 0.25) is 5.91 Å². The molecule has 0 fully saturated rings. The van der Waals surface area contributed by atoms with Crippen LogP contribution in [0.4, 0.5) is 0 Å². The molecule has 2 amide bonds. The van der Waals surface area contributed by atoms with Crippen molar-refractivity contribution in [1.29, 1.82) is 0 Å². The second kappa shape index (κ2) is 8.76. The molecule has 1 unspecified atom stereocenters. The van der Waals surface area contributed by atoms with Crippen molar-refractivity contribution in [1.82, 2.24) is 10.2 Å². The minimum Gasteiger partial charge on any atom is -0.354 e. The number of nitrogens with one attached hydrogen (secondary N) is 1. The van der Waals surface area contributed by atoms with Crippen molar-refractivity contribution in [2.75, 3.05) is 13.1 Å². The Balaban J connectivity index is 1.72. The number of hydrogen-bond acceptors (Lipinski definition) is 2. The lowest BCUT2D eigenvalue weighted by Crippen LogP contribution is -2.41. The molecule has 2 aromatic rings. The summed E-state index contributed by atoms with van der Waals surface area (Å²) in [6.45, 7) is 7.36. The molecule has 0 saturated heterocycles. The topological polar surface area (TPSA) is 49.4 Å². The van der Waals surface area contributed by atoms with Gasteiger partial charge in [-0.2, -0.15) is 0 Å². The van der Waals surface area contributed by atoms with Gasteiger partial charge in [0.25, 0.3) is 5.91 Å². The summed E-state index contributed by atoms with van der Waals surface area (Å²) in [5.41, 5.74) is 2.38. The molecule has 154 valence electrons. The van der Waals surface area contributed by atoms with Crippen molar-refractivity contribution in [3.8, 4) is 0 Å². The first-order chi connectivity index (χ1) is 13.7. The van der Waals surface area contributed by atoms with Crippen LogP contribution in [0.3, 0.4) is 0 Å². The molecule has 6 heteroatoms. The van der Waals surface area contributed by atoms with Gasteiger partial charge in [0.15, 0.2) is 0 Å². The zero-order valence-corrected chi connectivity index (χ0v) is 18.5. The van der Waals surface area contributed by atoms with E-state index in [1.54, 1.807) is 23.1 Å². The Bertz CT molecular complexity index is 921. The van der Waals surface area contributed by atoms with E-state index in [1.807, 2.05) is 24.3 Å². The first-order valence-corrected chi connectivity index (χ1v) is 10.5. The van der Waals surface area contributed by atoms with Crippen LogP contribution in [0.2, 0.25) is 10.0 Å². The van der Waals surface area contributed by atoms with E-state index in [4.69, 9.17) is 23.2 Å². The third kappa shape index (κ3) is 5.12. The maximum absolute atomic E-state index is 13.1. The average Bonchev–Trinajstić information content (AvgIpc) is 2.93. The molecule has 1 heterocycles. The lowest BCUT2D eigenvalue weighted by Gasteiger charge is -2.28. The first kappa shape index (κ1) is 21.7. The Labute approximate surface area is 182 Å². The van der Waals surface area contributed by atoms with E-state index in [9.17, 15) is 9.59 Å². The molecule has 29 heavy (non-hydrogen) atoms. The number of hydrogen-bond donors (Lipinski definition) is 1. The highest BCUT2D eigenvalue weighted by molar-refractivity contribution is 6.35. The smallest absolute Gasteiger partial charge is 0.255 e. The predicted octanol–water partition coefficient (Wildman–Crippen LogP) is 5.29. The van der Waals surface area contributed by atoms with E-state index in [0.29, 0.717) is 35.1 Å². The van der Waals surface area contributed by atoms with Crippen molar-refractivity contribution < 1.29 is 9.59 Å². The number of carbonyl (C=O) groups excluding carboxylic acids is 2. The molecule has 0 aromatic heterocycles. The number of rotatable bonds is 6. The summed E-state index contributed by atoms with van der Waals surface area (Å²) >= 11 is 12.2. The van der Waals surface area contributed by atoms with E-state index < -0.39 is 6.04 Å². The van der Waals surface area contributed by atoms with E-state index >= 15 is 0 Å². The number of nitrogens with zero attached hydrogens (tertiary/aromatic N) is 1. The molecule has 0 spiro atoms. The average molecular weight is 433 g/mol. The number of amides is 2. The number of carbonyl (C=O) groups is 2. The summed E-state index contributed by atoms with van der Waals surface area (Å²) in [7, 11) is 0. The maximum Gasteiger partial charge on any atom is 0.255 e. The zero-order valence-electron chi connectivity index (χ0n) is 17.0. The van der Waals surface area contributed by atoms with Crippen LogP contribution in [0.5, 0.6) is 0 Å². The van der Waals surface area contributed by atoms with Gasteiger partial charge in [0, 0.05) is 28.7 Å². The maximum atomic E-state index is 13.1. The molecule has 0 bridgehead atoms. The lowest BCUT2D eigenvalue weighted by molar-refractivity contribution is -0.125. The van der Waals surface area contributed by atoms with Crippen LogP contribution in [0.1, 0.15) is 54.7 Å². The lowest BCUT2D eigenvalue weighted by atomic mass is 9.92. The second-order valence-electron chi connectivity index (χ2n) is 8.58. The standard InChI is InChI=1S/C23H26Cl2N2O2/c1-23(2,3)11-13-27-20(17-6-4-5-7-18(17)22(27)29)21(28)26-12-10-15-8-9-16(24)14-19(15)25/h4-9,14,20H,10-13H2,1-3H3,(H,26,28). The van der Waals surface area contributed by atoms with Crippen LogP contribution in [0.15, 0.2) is 42.5 Å². The fraction of sp³-hybridized carbons (Fsp3) is 0.391. The molecular weight excluding hydrogens is 407 g/mol. The Morgan fingerprint density at radius 1 is 1.14 bits per heavy atom. The molecule has 1 aliphatic heterocycles. The van der Waals surface area contributed by atoms with Crippen LogP contribution >= 0.6 is 23.2 Å². The molecule has 4 nitrogen and oxygen atoms in total. The van der Waals surface area contributed by atoms with Crippen molar-refractivity contribution >= 4 is 35.0 Å². The molecule has 1 atom stereocenters. The van der Waals surface area contributed by atoms with Crippen LogP contribution < -0.4 is 5.32 Å². The fourth-order valence-electron chi connectivity index (χ4n) is 3.48. The first-order valence-electron chi connectivity index (χ1n) is 9.79. The van der Waals surface area contributed by atoms with Crippen LogP contribution in [-0.4, -0.2) is 29.8 Å². The van der Waals surface area contributed by atoms with Gasteiger partial charge in [-0.1, -0.05) is 68.2 Å². The van der Waals surface area contributed by atoms with Crippen LogP contribution in [-0.2, 0) is 11.2 Å². The third-order valence-corrected chi connectivity index (χ3v) is 5.71. The fourth-order valence-corrected chi connectivity index (χ4v) is 3.98. The van der Waals surface area contributed by atoms with Crippen molar-refractivity contribution in [2.45, 2.75) is 39.7 Å². The molecule has 0 radical (unpaired) electrons. The Kier molecular flexibility index (Phi) is 6.55. The molecule has 0 saturated carbocycles. The minimum absolute atomic E-state index is 0.0708. The van der Waals surface area contributed by atoms with Crippen LogP contribution in [0, 0.1) is 5.41 Å². The molecule has 1 N–H and O–H groups in total. The highest BCUT2D eigenvalue weighted by Crippen LogP contribution is 2.35. The van der Waals surface area contributed by atoms with Gasteiger partial charge in [-0.15, -0.1) is 0 Å². The second-order valence-corrected chi connectivity index (χ2v) is 9.42. The monoisotopic (exact) mass is 432 g/mol. The quantitative estimate of drug-likeness (QED) is 0.674. The summed E-state index contributed by atoms with van der Waals surface area (Å²) in [4.78, 5) is 27.7. The van der Waals surface area contributed by atoms with Gasteiger partial charge in [-0.25, -0.2) is 0 Å². The van der Waals surface area contributed by atoms with E-state index in [-0.39, 0.29) is 17.2 Å². The van der Waals surface area contributed by atoms with Gasteiger partial charge in [0.05, 0.1) is 0 Å². The molecule has 1 aliphatic rings. The molecule has 2 aromatic carbocycles. The van der Waals surface area contributed by atoms with Gasteiger partial charge in [-0.3, -0.25) is 9.59 Å². The van der Waals surface area contributed by atoms with Gasteiger partial charge < -0.3 is 10.2 Å².